The first-order chi connectivity index (χ1) is 6.63. The van der Waals surface area contributed by atoms with Crippen molar-refractivity contribution < 1.29 is 4.79 Å². The number of likely N-dealkylation sites (N-methyl/N-ethyl adjacent to an activating group) is 1. The van der Waals surface area contributed by atoms with E-state index in [9.17, 15) is 4.79 Å². The number of rotatable bonds is 6. The summed E-state index contributed by atoms with van der Waals surface area (Å²) in [6.45, 7) is 4.68. The predicted octanol–water partition coefficient (Wildman–Crippen LogP) is 0.747. The molecular weight excluding hydrogens is 178 g/mol. The fraction of sp³-hybridized carbons (Fsp3) is 0.800. The molecular formula is C10H19N3O. The summed E-state index contributed by atoms with van der Waals surface area (Å²) in [5.41, 5.74) is 0. The smallest absolute Gasteiger partial charge is 0.234 e. The van der Waals surface area contributed by atoms with Gasteiger partial charge >= 0.3 is 0 Å². The topological polar surface area (TPSA) is 56.1 Å². The monoisotopic (exact) mass is 197 g/mol. The molecule has 1 amide bonds. The molecule has 4 heteroatoms. The maximum absolute atomic E-state index is 11.4. The highest BCUT2D eigenvalue weighted by molar-refractivity contribution is 5.78. The van der Waals surface area contributed by atoms with Crippen LogP contribution < -0.4 is 5.32 Å². The molecule has 0 aliphatic heterocycles. The summed E-state index contributed by atoms with van der Waals surface area (Å²) in [4.78, 5) is 13.1. The Morgan fingerprint density at radius 1 is 1.50 bits per heavy atom. The normalized spacial score (nSPS) is 10.3. The van der Waals surface area contributed by atoms with E-state index in [-0.39, 0.29) is 18.5 Å². The highest BCUT2D eigenvalue weighted by Crippen LogP contribution is 1.95. The second-order valence-electron chi connectivity index (χ2n) is 3.41. The van der Waals surface area contributed by atoms with Crippen molar-refractivity contribution in [1.82, 2.24) is 10.2 Å². The Balaban J connectivity index is 3.80. The Labute approximate surface area is 85.9 Å². The van der Waals surface area contributed by atoms with Gasteiger partial charge < -0.3 is 5.32 Å². The highest BCUT2D eigenvalue weighted by Gasteiger charge is 2.09. The maximum atomic E-state index is 11.4. The average Bonchev–Trinajstić information content (AvgIpc) is 2.14. The van der Waals surface area contributed by atoms with Gasteiger partial charge in [-0.15, -0.1) is 0 Å². The first-order valence-electron chi connectivity index (χ1n) is 4.98. The van der Waals surface area contributed by atoms with Crippen LogP contribution in [0.15, 0.2) is 0 Å². The van der Waals surface area contributed by atoms with Crippen molar-refractivity contribution in [3.63, 3.8) is 0 Å². The first kappa shape index (κ1) is 12.9. The largest absolute Gasteiger partial charge is 0.352 e. The van der Waals surface area contributed by atoms with Gasteiger partial charge in [0.05, 0.1) is 19.2 Å². The molecule has 0 saturated heterocycles. The van der Waals surface area contributed by atoms with E-state index in [1.807, 2.05) is 19.9 Å². The molecule has 80 valence electrons. The molecule has 0 saturated carbocycles. The summed E-state index contributed by atoms with van der Waals surface area (Å²) in [5.74, 6) is -0.00329. The molecule has 0 radical (unpaired) electrons. The van der Waals surface area contributed by atoms with Gasteiger partial charge in [-0.3, -0.25) is 9.69 Å². The van der Waals surface area contributed by atoms with Crippen LogP contribution >= 0.6 is 0 Å². The molecule has 0 spiro atoms. The molecule has 0 aliphatic rings. The minimum Gasteiger partial charge on any atom is -0.352 e. The van der Waals surface area contributed by atoms with E-state index in [0.717, 1.165) is 12.8 Å². The highest BCUT2D eigenvalue weighted by atomic mass is 16.2. The van der Waals surface area contributed by atoms with Crippen molar-refractivity contribution in [2.75, 3.05) is 20.1 Å². The van der Waals surface area contributed by atoms with Crippen molar-refractivity contribution >= 4 is 5.91 Å². The number of hydrogen-bond acceptors (Lipinski definition) is 3. The van der Waals surface area contributed by atoms with Crippen molar-refractivity contribution in [3.8, 4) is 6.07 Å². The first-order valence-corrected chi connectivity index (χ1v) is 4.98. The molecule has 1 N–H and O–H groups in total. The molecule has 0 rings (SSSR count). The van der Waals surface area contributed by atoms with Crippen LogP contribution in [0, 0.1) is 11.3 Å². The third kappa shape index (κ3) is 5.55. The van der Waals surface area contributed by atoms with Crippen LogP contribution in [-0.2, 0) is 4.79 Å². The molecule has 0 atom stereocenters. The molecule has 14 heavy (non-hydrogen) atoms. The van der Waals surface area contributed by atoms with Gasteiger partial charge in [0, 0.05) is 6.04 Å². The zero-order chi connectivity index (χ0) is 11.0. The van der Waals surface area contributed by atoms with Crippen molar-refractivity contribution in [2.24, 2.45) is 0 Å². The van der Waals surface area contributed by atoms with Gasteiger partial charge in [-0.1, -0.05) is 13.8 Å². The van der Waals surface area contributed by atoms with Gasteiger partial charge in [-0.05, 0) is 19.9 Å². The predicted molar refractivity (Wildman–Crippen MR) is 55.6 cm³/mol. The summed E-state index contributed by atoms with van der Waals surface area (Å²) < 4.78 is 0. The number of nitrogens with one attached hydrogen (secondary N) is 1. The number of nitrogens with zero attached hydrogens (tertiary/aromatic N) is 2. The summed E-state index contributed by atoms with van der Waals surface area (Å²) in [7, 11) is 1.76. The van der Waals surface area contributed by atoms with E-state index in [2.05, 4.69) is 5.32 Å². The van der Waals surface area contributed by atoms with Gasteiger partial charge in [0.1, 0.15) is 0 Å². The van der Waals surface area contributed by atoms with Crippen LogP contribution in [0.25, 0.3) is 0 Å². The summed E-state index contributed by atoms with van der Waals surface area (Å²) in [6, 6.07) is 2.26. The molecule has 0 heterocycles. The minimum absolute atomic E-state index is 0.00329. The van der Waals surface area contributed by atoms with E-state index in [1.54, 1.807) is 11.9 Å². The number of carbonyl (C=O) groups excluding carboxylic acids is 1. The Morgan fingerprint density at radius 2 is 2.07 bits per heavy atom. The molecule has 0 unspecified atom stereocenters. The van der Waals surface area contributed by atoms with Crippen molar-refractivity contribution in [1.29, 1.82) is 5.26 Å². The molecule has 0 fully saturated rings. The lowest BCUT2D eigenvalue weighted by Crippen LogP contribution is -2.40. The SMILES string of the molecule is CCC(CC)NC(=O)CN(C)CC#N. The molecule has 4 nitrogen and oxygen atoms in total. The van der Waals surface area contributed by atoms with E-state index < -0.39 is 0 Å². The van der Waals surface area contributed by atoms with Crippen molar-refractivity contribution in [3.05, 3.63) is 0 Å². The van der Waals surface area contributed by atoms with E-state index in [4.69, 9.17) is 5.26 Å². The van der Waals surface area contributed by atoms with E-state index >= 15 is 0 Å². The molecule has 0 bridgehead atoms. The number of carbonyl (C=O) groups is 1. The molecule has 0 aromatic carbocycles. The van der Waals surface area contributed by atoms with Gasteiger partial charge in [0.25, 0.3) is 0 Å². The number of hydrogen-bond donors (Lipinski definition) is 1. The fourth-order valence-electron chi connectivity index (χ4n) is 1.19. The van der Waals surface area contributed by atoms with Crippen LogP contribution in [0.2, 0.25) is 0 Å². The molecule has 0 aromatic rings. The van der Waals surface area contributed by atoms with Gasteiger partial charge in [-0.2, -0.15) is 5.26 Å². The van der Waals surface area contributed by atoms with Crippen LogP contribution in [-0.4, -0.2) is 37.0 Å². The van der Waals surface area contributed by atoms with Crippen molar-refractivity contribution in [2.45, 2.75) is 32.7 Å². The standard InChI is InChI=1S/C10H19N3O/c1-4-9(5-2)12-10(14)8-13(3)7-6-11/h9H,4-5,7-8H2,1-3H3,(H,12,14). The lowest BCUT2D eigenvalue weighted by atomic mass is 10.2. The van der Waals surface area contributed by atoms with Crippen LogP contribution in [0.4, 0.5) is 0 Å². The third-order valence-electron chi connectivity index (χ3n) is 2.10. The van der Waals surface area contributed by atoms with Crippen LogP contribution in [0.3, 0.4) is 0 Å². The van der Waals surface area contributed by atoms with Crippen LogP contribution in [0.1, 0.15) is 26.7 Å². The van der Waals surface area contributed by atoms with Crippen LogP contribution in [0.5, 0.6) is 0 Å². The molecule has 0 aromatic heterocycles. The average molecular weight is 197 g/mol. The minimum atomic E-state index is -0.00329. The quantitative estimate of drug-likeness (QED) is 0.639. The van der Waals surface area contributed by atoms with E-state index in [1.165, 1.54) is 0 Å². The van der Waals surface area contributed by atoms with Gasteiger partial charge in [-0.25, -0.2) is 0 Å². The number of amides is 1. The lowest BCUT2D eigenvalue weighted by Gasteiger charge is -2.17. The Kier molecular flexibility index (Phi) is 6.77. The third-order valence-corrected chi connectivity index (χ3v) is 2.10. The zero-order valence-electron chi connectivity index (χ0n) is 9.21. The van der Waals surface area contributed by atoms with Gasteiger partial charge in [0.2, 0.25) is 5.91 Å². The summed E-state index contributed by atoms with van der Waals surface area (Å²) in [5, 5.41) is 11.3. The lowest BCUT2D eigenvalue weighted by molar-refractivity contribution is -0.122. The molecule has 0 aliphatic carbocycles. The Hall–Kier alpha value is -1.08. The Morgan fingerprint density at radius 3 is 2.50 bits per heavy atom. The fourth-order valence-corrected chi connectivity index (χ4v) is 1.19. The maximum Gasteiger partial charge on any atom is 0.234 e. The Bertz CT molecular complexity index is 206. The summed E-state index contributed by atoms with van der Waals surface area (Å²) in [6.07, 6.45) is 1.90. The summed E-state index contributed by atoms with van der Waals surface area (Å²) >= 11 is 0. The second-order valence-corrected chi connectivity index (χ2v) is 3.41. The second kappa shape index (κ2) is 7.34. The number of nitriles is 1. The van der Waals surface area contributed by atoms with E-state index in [0.29, 0.717) is 6.54 Å². The van der Waals surface area contributed by atoms with Gasteiger partial charge in [0.15, 0.2) is 0 Å². The zero-order valence-corrected chi connectivity index (χ0v) is 9.21.